The zero-order valence-corrected chi connectivity index (χ0v) is 12.5. The molecule has 23 heavy (non-hydrogen) atoms. The minimum absolute atomic E-state index is 0.111. The van der Waals surface area contributed by atoms with Crippen LogP contribution in [0.25, 0.3) is 0 Å². The van der Waals surface area contributed by atoms with Crippen molar-refractivity contribution in [1.82, 2.24) is 5.48 Å². The minimum atomic E-state index is -0.457. The summed E-state index contributed by atoms with van der Waals surface area (Å²) in [5, 5.41) is 11.5. The van der Waals surface area contributed by atoms with Crippen LogP contribution in [0.1, 0.15) is 11.1 Å². The second kappa shape index (κ2) is 6.50. The third kappa shape index (κ3) is 3.32. The first-order chi connectivity index (χ1) is 11.2. The van der Waals surface area contributed by atoms with Gasteiger partial charge in [0.25, 0.3) is 0 Å². The average Bonchev–Trinajstić information content (AvgIpc) is 2.99. The molecule has 0 atom stereocenters. The van der Waals surface area contributed by atoms with Gasteiger partial charge >= 0.3 is 6.03 Å². The van der Waals surface area contributed by atoms with E-state index in [0.29, 0.717) is 6.54 Å². The van der Waals surface area contributed by atoms with Gasteiger partial charge in [-0.1, -0.05) is 30.3 Å². The monoisotopic (exact) mass is 311 g/mol. The number of para-hydroxylation sites is 1. The maximum atomic E-state index is 12.4. The van der Waals surface area contributed by atoms with Gasteiger partial charge in [-0.15, -0.1) is 0 Å². The summed E-state index contributed by atoms with van der Waals surface area (Å²) in [7, 11) is 0. The number of urea groups is 1. The number of hydrogen-bond donors (Lipinski definition) is 3. The van der Waals surface area contributed by atoms with Crippen molar-refractivity contribution in [3.05, 3.63) is 59.7 Å². The van der Waals surface area contributed by atoms with Crippen molar-refractivity contribution in [3.63, 3.8) is 0 Å². The van der Waals surface area contributed by atoms with E-state index in [1.165, 1.54) is 0 Å². The molecule has 2 aromatic carbocycles. The molecule has 1 heterocycles. The summed E-state index contributed by atoms with van der Waals surface area (Å²) in [4.78, 5) is 25.3. The molecular weight excluding hydrogens is 294 g/mol. The molecule has 0 spiro atoms. The van der Waals surface area contributed by atoms with Crippen molar-refractivity contribution in [1.29, 1.82) is 0 Å². The Morgan fingerprint density at radius 3 is 2.65 bits per heavy atom. The molecule has 0 aliphatic carbocycles. The highest BCUT2D eigenvalue weighted by Crippen LogP contribution is 2.29. The standard InChI is InChI=1S/C17H17N3O3/c21-16(19-23)11-12-6-7-15-13(10-12)8-9-20(15)17(22)18-14-4-2-1-3-5-14/h1-7,10,23H,8-9,11H2,(H,18,22)(H,19,21). The summed E-state index contributed by atoms with van der Waals surface area (Å²) in [6, 6.07) is 14.7. The molecular formula is C17H17N3O3. The summed E-state index contributed by atoms with van der Waals surface area (Å²) in [5.74, 6) is -0.457. The van der Waals surface area contributed by atoms with Crippen LogP contribution in [0.15, 0.2) is 48.5 Å². The Balaban J connectivity index is 1.74. The molecule has 0 saturated heterocycles. The normalized spacial score (nSPS) is 12.7. The predicted octanol–water partition coefficient (Wildman–Crippen LogP) is 2.33. The van der Waals surface area contributed by atoms with Gasteiger partial charge in [0.1, 0.15) is 0 Å². The molecule has 1 aliphatic heterocycles. The number of anilines is 2. The van der Waals surface area contributed by atoms with Crippen LogP contribution in [0.3, 0.4) is 0 Å². The van der Waals surface area contributed by atoms with E-state index in [2.05, 4.69) is 5.32 Å². The molecule has 0 saturated carbocycles. The topological polar surface area (TPSA) is 81.7 Å². The van der Waals surface area contributed by atoms with Gasteiger partial charge in [0.15, 0.2) is 0 Å². The highest BCUT2D eigenvalue weighted by molar-refractivity contribution is 6.03. The van der Waals surface area contributed by atoms with Gasteiger partial charge in [-0.25, -0.2) is 10.3 Å². The van der Waals surface area contributed by atoms with Crippen molar-refractivity contribution in [2.24, 2.45) is 0 Å². The Morgan fingerprint density at radius 1 is 1.13 bits per heavy atom. The number of fused-ring (bicyclic) bond motifs is 1. The van der Waals surface area contributed by atoms with E-state index in [9.17, 15) is 9.59 Å². The molecule has 118 valence electrons. The van der Waals surface area contributed by atoms with E-state index >= 15 is 0 Å². The Hall–Kier alpha value is -2.86. The molecule has 0 bridgehead atoms. The van der Waals surface area contributed by atoms with E-state index in [1.807, 2.05) is 42.5 Å². The number of hydroxylamine groups is 1. The highest BCUT2D eigenvalue weighted by atomic mass is 16.5. The lowest BCUT2D eigenvalue weighted by atomic mass is 10.1. The molecule has 2 aromatic rings. The van der Waals surface area contributed by atoms with Crippen LogP contribution in [0, 0.1) is 0 Å². The molecule has 3 N–H and O–H groups in total. The lowest BCUT2D eigenvalue weighted by Gasteiger charge is -2.18. The van der Waals surface area contributed by atoms with E-state index in [0.717, 1.165) is 28.9 Å². The fourth-order valence-corrected chi connectivity index (χ4v) is 2.71. The fourth-order valence-electron chi connectivity index (χ4n) is 2.71. The summed E-state index contributed by atoms with van der Waals surface area (Å²) >= 11 is 0. The van der Waals surface area contributed by atoms with Crippen molar-refractivity contribution >= 4 is 23.3 Å². The average molecular weight is 311 g/mol. The van der Waals surface area contributed by atoms with Crippen LogP contribution in [0.5, 0.6) is 0 Å². The molecule has 0 unspecified atom stereocenters. The highest BCUT2D eigenvalue weighted by Gasteiger charge is 2.25. The molecule has 6 nitrogen and oxygen atoms in total. The zero-order chi connectivity index (χ0) is 16.2. The molecule has 3 amide bonds. The molecule has 6 heteroatoms. The lowest BCUT2D eigenvalue weighted by Crippen LogP contribution is -2.33. The number of amides is 3. The number of nitrogens with one attached hydrogen (secondary N) is 2. The van der Waals surface area contributed by atoms with E-state index in [1.54, 1.807) is 16.4 Å². The second-order valence-corrected chi connectivity index (χ2v) is 5.37. The molecule has 3 rings (SSSR count). The molecule has 0 radical (unpaired) electrons. The fraction of sp³-hybridized carbons (Fsp3) is 0.176. The van der Waals surface area contributed by atoms with Crippen molar-refractivity contribution in [3.8, 4) is 0 Å². The van der Waals surface area contributed by atoms with Gasteiger partial charge < -0.3 is 5.32 Å². The summed E-state index contributed by atoms with van der Waals surface area (Å²) in [5.41, 5.74) is 5.06. The van der Waals surface area contributed by atoms with Crippen LogP contribution in [0.4, 0.5) is 16.2 Å². The molecule has 0 fully saturated rings. The van der Waals surface area contributed by atoms with E-state index in [-0.39, 0.29) is 12.5 Å². The Morgan fingerprint density at radius 2 is 1.91 bits per heavy atom. The van der Waals surface area contributed by atoms with Gasteiger partial charge in [0, 0.05) is 17.9 Å². The Labute approximate surface area is 133 Å². The lowest BCUT2D eigenvalue weighted by molar-refractivity contribution is -0.128. The van der Waals surface area contributed by atoms with Crippen molar-refractivity contribution in [2.75, 3.05) is 16.8 Å². The molecule has 1 aliphatic rings. The van der Waals surface area contributed by atoms with Crippen molar-refractivity contribution in [2.45, 2.75) is 12.8 Å². The maximum Gasteiger partial charge on any atom is 0.326 e. The number of rotatable bonds is 3. The largest absolute Gasteiger partial charge is 0.326 e. The summed E-state index contributed by atoms with van der Waals surface area (Å²) in [6.45, 7) is 0.601. The number of benzene rings is 2. The molecule has 0 aromatic heterocycles. The third-order valence-corrected chi connectivity index (χ3v) is 3.80. The minimum Gasteiger partial charge on any atom is -0.308 e. The first-order valence-electron chi connectivity index (χ1n) is 7.35. The number of hydrogen-bond acceptors (Lipinski definition) is 3. The number of carbonyl (C=O) groups is 2. The van der Waals surface area contributed by atoms with Gasteiger partial charge in [-0.05, 0) is 35.7 Å². The smallest absolute Gasteiger partial charge is 0.308 e. The zero-order valence-electron chi connectivity index (χ0n) is 12.5. The van der Waals surface area contributed by atoms with Gasteiger partial charge in [-0.3, -0.25) is 14.9 Å². The summed E-state index contributed by atoms with van der Waals surface area (Å²) < 4.78 is 0. The Bertz CT molecular complexity index is 731. The van der Waals surface area contributed by atoms with Crippen LogP contribution >= 0.6 is 0 Å². The van der Waals surface area contributed by atoms with Crippen LogP contribution < -0.4 is 15.7 Å². The van der Waals surface area contributed by atoms with Crippen LogP contribution in [-0.2, 0) is 17.6 Å². The van der Waals surface area contributed by atoms with Gasteiger partial charge in [0.05, 0.1) is 6.42 Å². The SMILES string of the molecule is O=C(Cc1ccc2c(c1)CCN2C(=O)Nc1ccccc1)NO. The maximum absolute atomic E-state index is 12.4. The van der Waals surface area contributed by atoms with Crippen molar-refractivity contribution < 1.29 is 14.8 Å². The van der Waals surface area contributed by atoms with Gasteiger partial charge in [-0.2, -0.15) is 0 Å². The van der Waals surface area contributed by atoms with E-state index in [4.69, 9.17) is 5.21 Å². The number of nitrogens with zero attached hydrogens (tertiary/aromatic N) is 1. The van der Waals surface area contributed by atoms with Crippen LogP contribution in [-0.4, -0.2) is 23.7 Å². The third-order valence-electron chi connectivity index (χ3n) is 3.80. The second-order valence-electron chi connectivity index (χ2n) is 5.37. The first kappa shape index (κ1) is 15.1. The first-order valence-corrected chi connectivity index (χ1v) is 7.35. The predicted molar refractivity (Wildman–Crippen MR) is 86.6 cm³/mol. The summed E-state index contributed by atoms with van der Waals surface area (Å²) in [6.07, 6.45) is 0.853. The number of carbonyl (C=O) groups excluding carboxylic acids is 2. The Kier molecular flexibility index (Phi) is 4.25. The van der Waals surface area contributed by atoms with E-state index < -0.39 is 5.91 Å². The van der Waals surface area contributed by atoms with Crippen LogP contribution in [0.2, 0.25) is 0 Å². The van der Waals surface area contributed by atoms with Gasteiger partial charge in [0.2, 0.25) is 5.91 Å². The quantitative estimate of drug-likeness (QED) is 0.601.